The number of hydrogen-bond acceptors (Lipinski definition) is 3. The van der Waals surface area contributed by atoms with Crippen molar-refractivity contribution in [1.29, 1.82) is 0 Å². The van der Waals surface area contributed by atoms with Crippen LogP contribution in [0.25, 0.3) is 0 Å². The van der Waals surface area contributed by atoms with Gasteiger partial charge in [0, 0.05) is 36.4 Å². The number of amides is 3. The summed E-state index contributed by atoms with van der Waals surface area (Å²) in [5.41, 5.74) is 2.33. The summed E-state index contributed by atoms with van der Waals surface area (Å²) in [4.78, 5) is 39.3. The van der Waals surface area contributed by atoms with Crippen LogP contribution in [0.4, 0.5) is 10.1 Å². The largest absolute Gasteiger partial charge is 0.352 e. The van der Waals surface area contributed by atoms with E-state index in [0.29, 0.717) is 49.3 Å². The van der Waals surface area contributed by atoms with E-state index in [1.807, 2.05) is 13.8 Å². The molecule has 0 saturated carbocycles. The van der Waals surface area contributed by atoms with E-state index in [4.69, 9.17) is 0 Å². The van der Waals surface area contributed by atoms with Crippen molar-refractivity contribution in [2.45, 2.75) is 26.7 Å². The van der Waals surface area contributed by atoms with Crippen molar-refractivity contribution in [3.05, 3.63) is 65.0 Å². The van der Waals surface area contributed by atoms with Crippen LogP contribution in [-0.2, 0) is 4.79 Å². The summed E-state index contributed by atoms with van der Waals surface area (Å²) in [6.07, 6.45) is 1.39. The number of carbonyl (C=O) groups excluding carboxylic acids is 3. The third-order valence-electron chi connectivity index (χ3n) is 5.27. The van der Waals surface area contributed by atoms with Crippen LogP contribution >= 0.6 is 0 Å². The Hall–Kier alpha value is -3.22. The summed E-state index contributed by atoms with van der Waals surface area (Å²) in [6.45, 7) is 5.09. The Balaban J connectivity index is 1.68. The molecule has 1 aliphatic rings. The molecule has 0 aromatic heterocycles. The van der Waals surface area contributed by atoms with Gasteiger partial charge >= 0.3 is 0 Å². The average molecular weight is 411 g/mol. The van der Waals surface area contributed by atoms with Gasteiger partial charge < -0.3 is 15.5 Å². The first-order valence-electron chi connectivity index (χ1n) is 10.1. The Bertz CT molecular complexity index is 943. The Morgan fingerprint density at radius 2 is 1.80 bits per heavy atom. The van der Waals surface area contributed by atoms with Gasteiger partial charge in [0.15, 0.2) is 0 Å². The molecular formula is C23H26FN3O3. The number of carbonyl (C=O) groups is 3. The van der Waals surface area contributed by atoms with Gasteiger partial charge in [-0.15, -0.1) is 0 Å². The molecule has 2 aromatic rings. The number of hydrogen-bond donors (Lipinski definition) is 2. The average Bonchev–Trinajstić information content (AvgIpc) is 2.75. The zero-order valence-corrected chi connectivity index (χ0v) is 17.2. The lowest BCUT2D eigenvalue weighted by atomic mass is 9.96. The molecule has 3 rings (SSSR count). The number of likely N-dealkylation sites (tertiary alicyclic amines) is 1. The lowest BCUT2D eigenvalue weighted by Gasteiger charge is -2.32. The number of nitrogens with zero attached hydrogens (tertiary/aromatic N) is 1. The van der Waals surface area contributed by atoms with Crippen LogP contribution in [0.2, 0.25) is 0 Å². The number of aryl methyl sites for hydroxylation is 1. The van der Waals surface area contributed by atoms with Crippen molar-refractivity contribution < 1.29 is 18.8 Å². The molecule has 1 fully saturated rings. The summed E-state index contributed by atoms with van der Waals surface area (Å²) >= 11 is 0. The Kier molecular flexibility index (Phi) is 6.82. The molecule has 0 radical (unpaired) electrons. The molecule has 7 heteroatoms. The third kappa shape index (κ3) is 5.03. The van der Waals surface area contributed by atoms with Crippen LogP contribution in [0.3, 0.4) is 0 Å². The molecule has 1 saturated heterocycles. The Labute approximate surface area is 175 Å². The van der Waals surface area contributed by atoms with Gasteiger partial charge in [0.1, 0.15) is 5.82 Å². The topological polar surface area (TPSA) is 78.5 Å². The van der Waals surface area contributed by atoms with Gasteiger partial charge in [-0.3, -0.25) is 14.4 Å². The van der Waals surface area contributed by atoms with Crippen LogP contribution < -0.4 is 10.6 Å². The Morgan fingerprint density at radius 3 is 2.50 bits per heavy atom. The minimum Gasteiger partial charge on any atom is -0.352 e. The molecule has 3 amide bonds. The lowest BCUT2D eigenvalue weighted by Crippen LogP contribution is -2.43. The van der Waals surface area contributed by atoms with Crippen LogP contribution in [0, 0.1) is 18.7 Å². The second-order valence-electron chi connectivity index (χ2n) is 7.48. The molecule has 158 valence electrons. The molecule has 0 bridgehead atoms. The quantitative estimate of drug-likeness (QED) is 0.792. The van der Waals surface area contributed by atoms with Gasteiger partial charge in [0.2, 0.25) is 5.91 Å². The minimum atomic E-state index is -0.396. The number of nitrogens with one attached hydrogen (secondary N) is 2. The van der Waals surface area contributed by atoms with Gasteiger partial charge in [-0.05, 0) is 68.7 Å². The summed E-state index contributed by atoms with van der Waals surface area (Å²) in [7, 11) is 0. The summed E-state index contributed by atoms with van der Waals surface area (Å²) in [5.74, 6) is -1.32. The standard InChI is InChI=1S/C23H26FN3O3/c1-3-25-21(28)17-7-6-15(2)20(13-17)26-22(29)18-5-4-12-27(14-18)23(30)16-8-10-19(24)11-9-16/h6-11,13,18H,3-5,12,14H2,1-2H3,(H,25,28)(H,26,29). The highest BCUT2D eigenvalue weighted by Gasteiger charge is 2.29. The molecule has 1 heterocycles. The first-order valence-corrected chi connectivity index (χ1v) is 10.1. The predicted molar refractivity (Wildman–Crippen MR) is 113 cm³/mol. The van der Waals surface area contributed by atoms with E-state index < -0.39 is 5.82 Å². The molecule has 1 atom stereocenters. The fraction of sp³-hybridized carbons (Fsp3) is 0.348. The summed E-state index contributed by atoms with van der Waals surface area (Å²) in [6, 6.07) is 10.6. The second-order valence-corrected chi connectivity index (χ2v) is 7.48. The Morgan fingerprint density at radius 1 is 1.10 bits per heavy atom. The summed E-state index contributed by atoms with van der Waals surface area (Å²) in [5, 5.41) is 5.66. The zero-order valence-electron chi connectivity index (χ0n) is 17.2. The fourth-order valence-electron chi connectivity index (χ4n) is 3.55. The van der Waals surface area contributed by atoms with Crippen LogP contribution in [-0.4, -0.2) is 42.3 Å². The fourth-order valence-corrected chi connectivity index (χ4v) is 3.55. The maximum atomic E-state index is 13.1. The highest BCUT2D eigenvalue weighted by atomic mass is 19.1. The van der Waals surface area contributed by atoms with Gasteiger partial charge in [0.25, 0.3) is 11.8 Å². The zero-order chi connectivity index (χ0) is 21.7. The van der Waals surface area contributed by atoms with Crippen LogP contribution in [0.5, 0.6) is 0 Å². The molecule has 1 unspecified atom stereocenters. The van der Waals surface area contributed by atoms with Crippen LogP contribution in [0.15, 0.2) is 42.5 Å². The van der Waals surface area contributed by atoms with Crippen molar-refractivity contribution in [2.24, 2.45) is 5.92 Å². The molecule has 0 spiro atoms. The lowest BCUT2D eigenvalue weighted by molar-refractivity contribution is -0.121. The van der Waals surface area contributed by atoms with Crippen molar-refractivity contribution in [3.8, 4) is 0 Å². The normalized spacial score (nSPS) is 16.1. The highest BCUT2D eigenvalue weighted by Crippen LogP contribution is 2.23. The van der Waals surface area contributed by atoms with E-state index in [-0.39, 0.29) is 23.6 Å². The molecule has 6 nitrogen and oxygen atoms in total. The third-order valence-corrected chi connectivity index (χ3v) is 5.27. The van der Waals surface area contributed by atoms with Crippen molar-refractivity contribution in [2.75, 3.05) is 25.0 Å². The van der Waals surface area contributed by atoms with E-state index in [2.05, 4.69) is 10.6 Å². The van der Waals surface area contributed by atoms with E-state index in [0.717, 1.165) is 5.56 Å². The van der Waals surface area contributed by atoms with Gasteiger partial charge in [-0.2, -0.15) is 0 Å². The first kappa shape index (κ1) is 21.5. The maximum absolute atomic E-state index is 13.1. The molecule has 30 heavy (non-hydrogen) atoms. The monoisotopic (exact) mass is 411 g/mol. The molecule has 2 aromatic carbocycles. The van der Waals surface area contributed by atoms with Gasteiger partial charge in [0.05, 0.1) is 5.92 Å². The molecular weight excluding hydrogens is 385 g/mol. The molecule has 2 N–H and O–H groups in total. The predicted octanol–water partition coefficient (Wildman–Crippen LogP) is 3.37. The smallest absolute Gasteiger partial charge is 0.253 e. The van der Waals surface area contributed by atoms with Gasteiger partial charge in [-0.25, -0.2) is 4.39 Å². The number of rotatable bonds is 5. The molecule has 1 aliphatic heterocycles. The van der Waals surface area contributed by atoms with E-state index in [1.54, 1.807) is 23.1 Å². The second kappa shape index (κ2) is 9.52. The highest BCUT2D eigenvalue weighted by molar-refractivity contribution is 5.99. The number of halogens is 1. The summed E-state index contributed by atoms with van der Waals surface area (Å²) < 4.78 is 13.1. The molecule has 0 aliphatic carbocycles. The van der Waals surface area contributed by atoms with Gasteiger partial charge in [-0.1, -0.05) is 6.07 Å². The van der Waals surface area contributed by atoms with E-state index in [9.17, 15) is 18.8 Å². The van der Waals surface area contributed by atoms with E-state index >= 15 is 0 Å². The number of piperidine rings is 1. The number of anilines is 1. The first-order chi connectivity index (χ1) is 14.4. The van der Waals surface area contributed by atoms with Crippen LogP contribution in [0.1, 0.15) is 46.0 Å². The SMILES string of the molecule is CCNC(=O)c1ccc(C)c(NC(=O)C2CCCN(C(=O)c3ccc(F)cc3)C2)c1. The number of benzene rings is 2. The maximum Gasteiger partial charge on any atom is 0.253 e. The van der Waals surface area contributed by atoms with Crippen molar-refractivity contribution in [1.82, 2.24) is 10.2 Å². The van der Waals surface area contributed by atoms with Crippen molar-refractivity contribution in [3.63, 3.8) is 0 Å². The van der Waals surface area contributed by atoms with Crippen molar-refractivity contribution >= 4 is 23.4 Å². The minimum absolute atomic E-state index is 0.178. The van der Waals surface area contributed by atoms with E-state index in [1.165, 1.54) is 24.3 Å².